The zero-order chi connectivity index (χ0) is 16.7. The van der Waals surface area contributed by atoms with Crippen molar-refractivity contribution in [2.75, 3.05) is 32.6 Å². The lowest BCUT2D eigenvalue weighted by atomic mass is 10.2. The summed E-state index contributed by atoms with van der Waals surface area (Å²) in [5, 5.41) is 0. The average Bonchev–Trinajstić information content (AvgIpc) is 2.77. The normalized spacial score (nSPS) is 19.2. The summed E-state index contributed by atoms with van der Waals surface area (Å²) in [7, 11) is -3.49. The molecule has 2 rings (SSSR count). The summed E-state index contributed by atoms with van der Waals surface area (Å²) < 4.78 is 37.5. The Labute approximate surface area is 136 Å². The van der Waals surface area contributed by atoms with Crippen molar-refractivity contribution in [1.82, 2.24) is 4.90 Å². The van der Waals surface area contributed by atoms with E-state index in [2.05, 4.69) is 0 Å². The quantitative estimate of drug-likeness (QED) is 0.752. The number of benzene rings is 1. The van der Waals surface area contributed by atoms with Crippen LogP contribution >= 0.6 is 0 Å². The fraction of sp³-hybridized carbons (Fsp3) is 0.533. The lowest BCUT2D eigenvalue weighted by Gasteiger charge is -2.19. The van der Waals surface area contributed by atoms with Crippen molar-refractivity contribution >= 4 is 16.2 Å². The van der Waals surface area contributed by atoms with Crippen LogP contribution < -0.4 is 0 Å². The summed E-state index contributed by atoms with van der Waals surface area (Å²) in [6.07, 6.45) is 0.742. The molecule has 0 aromatic heterocycles. The van der Waals surface area contributed by atoms with Gasteiger partial charge in [-0.2, -0.15) is 8.42 Å². The maximum atomic E-state index is 12.1. The third-order valence-corrected chi connectivity index (χ3v) is 3.93. The first kappa shape index (κ1) is 17.7. The molecular formula is C15H21NO6S. The Hall–Kier alpha value is -1.64. The van der Waals surface area contributed by atoms with Crippen molar-refractivity contribution in [2.45, 2.75) is 19.1 Å². The van der Waals surface area contributed by atoms with Crippen LogP contribution in [0.1, 0.15) is 12.0 Å². The van der Waals surface area contributed by atoms with E-state index in [1.165, 1.54) is 0 Å². The number of carbonyl (C=O) groups excluding carboxylic acids is 1. The van der Waals surface area contributed by atoms with Gasteiger partial charge in [0.05, 0.1) is 25.6 Å². The molecule has 1 saturated heterocycles. The number of ether oxygens (including phenoxy) is 2. The van der Waals surface area contributed by atoms with Gasteiger partial charge in [-0.15, -0.1) is 0 Å². The molecule has 1 aromatic carbocycles. The van der Waals surface area contributed by atoms with E-state index in [9.17, 15) is 13.2 Å². The molecule has 128 valence electrons. The molecule has 0 bridgehead atoms. The highest BCUT2D eigenvalue weighted by Crippen LogP contribution is 2.11. The van der Waals surface area contributed by atoms with Crippen molar-refractivity contribution < 1.29 is 26.9 Å². The minimum Gasteiger partial charge on any atom is -0.445 e. The first-order valence-electron chi connectivity index (χ1n) is 7.36. The summed E-state index contributed by atoms with van der Waals surface area (Å²) in [6.45, 7) is 1.34. The van der Waals surface area contributed by atoms with E-state index >= 15 is 0 Å². The number of amides is 1. The Kier molecular flexibility index (Phi) is 6.37. The number of rotatable bonds is 5. The Bertz CT molecular complexity index is 604. The second-order valence-corrected chi connectivity index (χ2v) is 6.94. The molecule has 1 heterocycles. The van der Waals surface area contributed by atoms with Gasteiger partial charge in [-0.25, -0.2) is 4.79 Å². The summed E-state index contributed by atoms with van der Waals surface area (Å²) in [5.74, 6) is 0. The van der Waals surface area contributed by atoms with E-state index in [-0.39, 0.29) is 19.3 Å². The second-order valence-electron chi connectivity index (χ2n) is 5.30. The molecular weight excluding hydrogens is 322 g/mol. The van der Waals surface area contributed by atoms with Gasteiger partial charge in [-0.05, 0) is 12.0 Å². The highest BCUT2D eigenvalue weighted by atomic mass is 32.2. The Morgan fingerprint density at radius 1 is 1.30 bits per heavy atom. The Balaban J connectivity index is 1.77. The van der Waals surface area contributed by atoms with Crippen LogP contribution in [0.25, 0.3) is 0 Å². The van der Waals surface area contributed by atoms with E-state index < -0.39 is 16.2 Å². The van der Waals surface area contributed by atoms with Gasteiger partial charge in [-0.1, -0.05) is 30.3 Å². The van der Waals surface area contributed by atoms with Crippen LogP contribution in [-0.2, 0) is 30.4 Å². The fourth-order valence-corrected chi connectivity index (χ4v) is 2.55. The van der Waals surface area contributed by atoms with E-state index in [0.29, 0.717) is 26.1 Å². The molecule has 0 saturated carbocycles. The molecule has 1 amide bonds. The van der Waals surface area contributed by atoms with Crippen LogP contribution in [0.2, 0.25) is 0 Å². The molecule has 0 aliphatic carbocycles. The maximum Gasteiger partial charge on any atom is 0.410 e. The second kappa shape index (κ2) is 8.28. The van der Waals surface area contributed by atoms with Gasteiger partial charge in [-0.3, -0.25) is 4.18 Å². The van der Waals surface area contributed by atoms with Gasteiger partial charge >= 0.3 is 6.09 Å². The van der Waals surface area contributed by atoms with Gasteiger partial charge < -0.3 is 14.4 Å². The lowest BCUT2D eigenvalue weighted by Crippen LogP contribution is -2.33. The lowest BCUT2D eigenvalue weighted by molar-refractivity contribution is 0.0298. The monoisotopic (exact) mass is 343 g/mol. The molecule has 7 nitrogen and oxygen atoms in total. The van der Waals surface area contributed by atoms with Crippen molar-refractivity contribution in [2.24, 2.45) is 0 Å². The molecule has 1 aliphatic rings. The number of carbonyl (C=O) groups is 1. The average molecular weight is 343 g/mol. The molecule has 1 unspecified atom stereocenters. The van der Waals surface area contributed by atoms with E-state index in [1.807, 2.05) is 30.3 Å². The minimum absolute atomic E-state index is 0.0360. The van der Waals surface area contributed by atoms with Crippen molar-refractivity contribution in [3.05, 3.63) is 35.9 Å². The van der Waals surface area contributed by atoms with E-state index in [0.717, 1.165) is 11.8 Å². The van der Waals surface area contributed by atoms with Gasteiger partial charge in [0.25, 0.3) is 10.1 Å². The molecule has 23 heavy (non-hydrogen) atoms. The number of nitrogens with zero attached hydrogens (tertiary/aromatic N) is 1. The first-order valence-corrected chi connectivity index (χ1v) is 9.17. The van der Waals surface area contributed by atoms with Crippen LogP contribution in [0.5, 0.6) is 0 Å². The summed E-state index contributed by atoms with van der Waals surface area (Å²) in [6, 6.07) is 9.44. The van der Waals surface area contributed by atoms with Crippen molar-refractivity contribution in [1.29, 1.82) is 0 Å². The van der Waals surface area contributed by atoms with E-state index in [1.54, 1.807) is 4.90 Å². The topological polar surface area (TPSA) is 82.1 Å². The predicted molar refractivity (Wildman–Crippen MR) is 83.4 cm³/mol. The molecule has 0 radical (unpaired) electrons. The molecule has 1 aliphatic heterocycles. The van der Waals surface area contributed by atoms with Gasteiger partial charge in [0.1, 0.15) is 6.61 Å². The van der Waals surface area contributed by atoms with Crippen LogP contribution in [0.3, 0.4) is 0 Å². The number of hydrogen-bond donors (Lipinski definition) is 0. The molecule has 0 N–H and O–H groups in total. The zero-order valence-corrected chi connectivity index (χ0v) is 13.8. The number of hydrogen-bond acceptors (Lipinski definition) is 6. The van der Waals surface area contributed by atoms with Crippen LogP contribution in [0.4, 0.5) is 4.79 Å². The van der Waals surface area contributed by atoms with E-state index in [4.69, 9.17) is 13.7 Å². The summed E-state index contributed by atoms with van der Waals surface area (Å²) in [5.41, 5.74) is 0.923. The third-order valence-electron chi connectivity index (χ3n) is 3.37. The van der Waals surface area contributed by atoms with Gasteiger partial charge in [0.2, 0.25) is 0 Å². The maximum absolute atomic E-state index is 12.1. The summed E-state index contributed by atoms with van der Waals surface area (Å²) >= 11 is 0. The molecule has 1 atom stereocenters. The first-order chi connectivity index (χ1) is 10.9. The van der Waals surface area contributed by atoms with Crippen molar-refractivity contribution in [3.8, 4) is 0 Å². The summed E-state index contributed by atoms with van der Waals surface area (Å²) in [4.78, 5) is 13.6. The molecule has 1 fully saturated rings. The Morgan fingerprint density at radius 2 is 2.04 bits per heavy atom. The molecule has 0 spiro atoms. The highest BCUT2D eigenvalue weighted by Gasteiger charge is 2.23. The standard InChI is InChI=1S/C15H21NO6S/c1-23(18,19)22-12-14-7-8-16(9-10-20-14)15(17)21-11-13-5-3-2-4-6-13/h2-6,14H,7-12H2,1H3. The molecule has 1 aromatic rings. The van der Waals surface area contributed by atoms with Crippen LogP contribution in [-0.4, -0.2) is 58.1 Å². The largest absolute Gasteiger partial charge is 0.445 e. The van der Waals surface area contributed by atoms with Gasteiger partial charge in [0.15, 0.2) is 0 Å². The molecule has 8 heteroatoms. The van der Waals surface area contributed by atoms with Crippen molar-refractivity contribution in [3.63, 3.8) is 0 Å². The SMILES string of the molecule is CS(=O)(=O)OCC1CCN(C(=O)OCc2ccccc2)CCO1. The Morgan fingerprint density at radius 3 is 2.74 bits per heavy atom. The van der Waals surface area contributed by atoms with Crippen LogP contribution in [0, 0.1) is 0 Å². The smallest absolute Gasteiger partial charge is 0.410 e. The van der Waals surface area contributed by atoms with Crippen LogP contribution in [0.15, 0.2) is 30.3 Å². The minimum atomic E-state index is -3.49. The van der Waals surface area contributed by atoms with Gasteiger partial charge in [0, 0.05) is 13.1 Å². The predicted octanol–water partition coefficient (Wildman–Crippen LogP) is 1.39. The fourth-order valence-electron chi connectivity index (χ4n) is 2.15. The zero-order valence-electron chi connectivity index (χ0n) is 13.0. The third kappa shape index (κ3) is 6.55. The highest BCUT2D eigenvalue weighted by molar-refractivity contribution is 7.85.